The lowest BCUT2D eigenvalue weighted by atomic mass is 10.1. The van der Waals surface area contributed by atoms with Crippen molar-refractivity contribution < 1.29 is 0 Å². The second-order valence-electron chi connectivity index (χ2n) is 4.97. The summed E-state index contributed by atoms with van der Waals surface area (Å²) in [6.07, 6.45) is 9.72. The lowest BCUT2D eigenvalue weighted by molar-refractivity contribution is 0.788. The van der Waals surface area contributed by atoms with Gasteiger partial charge < -0.3 is 0 Å². The smallest absolute Gasteiger partial charge is 0.159 e. The van der Waals surface area contributed by atoms with E-state index in [9.17, 15) is 0 Å². The molecule has 0 saturated heterocycles. The Morgan fingerprint density at radius 3 is 2.05 bits per heavy atom. The molecule has 0 aliphatic carbocycles. The fourth-order valence-electron chi connectivity index (χ4n) is 2.12. The van der Waals surface area contributed by atoms with Gasteiger partial charge in [-0.1, -0.05) is 51.0 Å². The van der Waals surface area contributed by atoms with Crippen LogP contribution in [0.1, 0.15) is 44.2 Å². The lowest BCUT2D eigenvalue weighted by Gasteiger charge is -2.04. The van der Waals surface area contributed by atoms with Crippen molar-refractivity contribution in [3.63, 3.8) is 0 Å². The highest BCUT2D eigenvalue weighted by atomic mass is 14.9. The second-order valence-corrected chi connectivity index (χ2v) is 4.97. The Balaban J connectivity index is 2.08. The summed E-state index contributed by atoms with van der Waals surface area (Å²) in [7, 11) is 0. The molecule has 0 bridgehead atoms. The number of unbranched alkanes of at least 4 members (excludes halogenated alkanes) is 1. The number of hydrogen-bond donors (Lipinski definition) is 0. The molecule has 0 fully saturated rings. The van der Waals surface area contributed by atoms with Gasteiger partial charge in [0, 0.05) is 18.0 Å². The molecule has 19 heavy (non-hydrogen) atoms. The Hall–Kier alpha value is -1.70. The van der Waals surface area contributed by atoms with E-state index in [2.05, 4.69) is 48.1 Å². The van der Waals surface area contributed by atoms with Gasteiger partial charge in [-0.3, -0.25) is 0 Å². The predicted molar refractivity (Wildman–Crippen MR) is 80.1 cm³/mol. The first-order valence-electron chi connectivity index (χ1n) is 7.23. The number of benzene rings is 1. The predicted octanol–water partition coefficient (Wildman–Crippen LogP) is 4.44. The zero-order chi connectivity index (χ0) is 13.5. The minimum atomic E-state index is 0.822. The van der Waals surface area contributed by atoms with Crippen molar-refractivity contribution in [2.75, 3.05) is 0 Å². The van der Waals surface area contributed by atoms with Crippen LogP contribution in [0, 0.1) is 0 Å². The van der Waals surface area contributed by atoms with E-state index in [-0.39, 0.29) is 0 Å². The van der Waals surface area contributed by atoms with E-state index in [1.807, 2.05) is 12.4 Å². The van der Waals surface area contributed by atoms with Crippen molar-refractivity contribution in [3.05, 3.63) is 47.8 Å². The molecule has 0 atom stereocenters. The third-order valence-corrected chi connectivity index (χ3v) is 3.28. The van der Waals surface area contributed by atoms with Crippen molar-refractivity contribution >= 4 is 0 Å². The number of nitrogens with zero attached hydrogens (tertiary/aromatic N) is 2. The molecule has 100 valence electrons. The molecule has 2 aromatic rings. The van der Waals surface area contributed by atoms with E-state index in [4.69, 9.17) is 0 Å². The zero-order valence-electron chi connectivity index (χ0n) is 11.9. The van der Waals surface area contributed by atoms with Gasteiger partial charge in [0.2, 0.25) is 0 Å². The molecule has 0 radical (unpaired) electrons. The molecule has 0 N–H and O–H groups in total. The molecule has 0 amide bonds. The normalized spacial score (nSPS) is 10.6. The van der Waals surface area contributed by atoms with Crippen LogP contribution in [0.3, 0.4) is 0 Å². The van der Waals surface area contributed by atoms with Gasteiger partial charge in [-0.05, 0) is 30.4 Å². The largest absolute Gasteiger partial charge is 0.236 e. The Bertz CT molecular complexity index is 486. The summed E-state index contributed by atoms with van der Waals surface area (Å²) in [4.78, 5) is 8.93. The summed E-state index contributed by atoms with van der Waals surface area (Å²) in [6, 6.07) is 8.58. The van der Waals surface area contributed by atoms with Gasteiger partial charge in [0.05, 0.1) is 0 Å². The van der Waals surface area contributed by atoms with Crippen LogP contribution in [0.4, 0.5) is 0 Å². The van der Waals surface area contributed by atoms with Crippen LogP contribution in [0.5, 0.6) is 0 Å². The van der Waals surface area contributed by atoms with E-state index in [1.165, 1.54) is 30.4 Å². The van der Waals surface area contributed by atoms with Crippen LogP contribution in [0.25, 0.3) is 11.4 Å². The molecule has 0 aliphatic heterocycles. The average Bonchev–Trinajstić information content (AvgIpc) is 2.47. The van der Waals surface area contributed by atoms with E-state index in [0.29, 0.717) is 0 Å². The highest BCUT2D eigenvalue weighted by molar-refractivity contribution is 5.55. The summed E-state index contributed by atoms with van der Waals surface area (Å²) in [5, 5.41) is 0. The van der Waals surface area contributed by atoms with Gasteiger partial charge >= 0.3 is 0 Å². The Kier molecular flexibility index (Phi) is 5.08. The Labute approximate surface area is 115 Å². The maximum Gasteiger partial charge on any atom is 0.159 e. The molecular weight excluding hydrogens is 232 g/mol. The maximum absolute atomic E-state index is 4.47. The molecule has 1 heterocycles. The van der Waals surface area contributed by atoms with E-state index < -0.39 is 0 Å². The van der Waals surface area contributed by atoms with E-state index >= 15 is 0 Å². The first kappa shape index (κ1) is 13.7. The standard InChI is InChI=1S/C17H22N2/c1-3-5-7-15-12-18-17(19-13-15)16-10-8-14(6-4-2)9-11-16/h8-13H,3-7H2,1-2H3. The van der Waals surface area contributed by atoms with Crippen molar-refractivity contribution in [2.45, 2.75) is 46.0 Å². The number of rotatable bonds is 6. The van der Waals surface area contributed by atoms with Crippen molar-refractivity contribution in [3.8, 4) is 11.4 Å². The van der Waals surface area contributed by atoms with Gasteiger partial charge in [-0.25, -0.2) is 9.97 Å². The minimum Gasteiger partial charge on any atom is -0.236 e. The SMILES string of the molecule is CCCCc1cnc(-c2ccc(CCC)cc2)nc1. The zero-order valence-corrected chi connectivity index (χ0v) is 11.9. The van der Waals surface area contributed by atoms with Crippen LogP contribution in [-0.4, -0.2) is 9.97 Å². The van der Waals surface area contributed by atoms with E-state index in [0.717, 1.165) is 24.2 Å². The first-order valence-corrected chi connectivity index (χ1v) is 7.23. The monoisotopic (exact) mass is 254 g/mol. The maximum atomic E-state index is 4.47. The molecule has 0 aliphatic rings. The van der Waals surface area contributed by atoms with Gasteiger partial charge in [0.25, 0.3) is 0 Å². The Morgan fingerprint density at radius 2 is 1.47 bits per heavy atom. The van der Waals surface area contributed by atoms with Gasteiger partial charge in [0.1, 0.15) is 0 Å². The van der Waals surface area contributed by atoms with Gasteiger partial charge in [0.15, 0.2) is 5.82 Å². The molecule has 2 rings (SSSR count). The number of aryl methyl sites for hydroxylation is 2. The molecule has 0 spiro atoms. The number of hydrogen-bond acceptors (Lipinski definition) is 2. The fraction of sp³-hybridized carbons (Fsp3) is 0.412. The minimum absolute atomic E-state index is 0.822. The molecule has 1 aromatic carbocycles. The van der Waals surface area contributed by atoms with Crippen LogP contribution in [0.15, 0.2) is 36.7 Å². The van der Waals surface area contributed by atoms with Crippen LogP contribution in [-0.2, 0) is 12.8 Å². The fourth-order valence-corrected chi connectivity index (χ4v) is 2.12. The second kappa shape index (κ2) is 7.03. The molecule has 1 aromatic heterocycles. The average molecular weight is 254 g/mol. The van der Waals surface area contributed by atoms with Crippen molar-refractivity contribution in [1.82, 2.24) is 9.97 Å². The van der Waals surface area contributed by atoms with Crippen LogP contribution >= 0.6 is 0 Å². The topological polar surface area (TPSA) is 25.8 Å². The van der Waals surface area contributed by atoms with Gasteiger partial charge in [-0.2, -0.15) is 0 Å². The Morgan fingerprint density at radius 1 is 0.789 bits per heavy atom. The quantitative estimate of drug-likeness (QED) is 0.761. The van der Waals surface area contributed by atoms with E-state index in [1.54, 1.807) is 0 Å². The lowest BCUT2D eigenvalue weighted by Crippen LogP contribution is -1.93. The summed E-state index contributed by atoms with van der Waals surface area (Å²) in [6.45, 7) is 4.40. The molecule has 0 unspecified atom stereocenters. The van der Waals surface area contributed by atoms with Crippen LogP contribution in [0.2, 0.25) is 0 Å². The molecule has 0 saturated carbocycles. The van der Waals surface area contributed by atoms with Crippen molar-refractivity contribution in [2.24, 2.45) is 0 Å². The third kappa shape index (κ3) is 3.88. The van der Waals surface area contributed by atoms with Gasteiger partial charge in [-0.15, -0.1) is 0 Å². The molecule has 2 heteroatoms. The molecule has 2 nitrogen and oxygen atoms in total. The van der Waals surface area contributed by atoms with Crippen LogP contribution < -0.4 is 0 Å². The highest BCUT2D eigenvalue weighted by Gasteiger charge is 2.01. The molecular formula is C17H22N2. The summed E-state index contributed by atoms with van der Waals surface area (Å²) < 4.78 is 0. The van der Waals surface area contributed by atoms with Crippen molar-refractivity contribution in [1.29, 1.82) is 0 Å². The third-order valence-electron chi connectivity index (χ3n) is 3.28. The highest BCUT2D eigenvalue weighted by Crippen LogP contribution is 2.16. The first-order chi connectivity index (χ1) is 9.33. The summed E-state index contributed by atoms with van der Waals surface area (Å²) in [5.74, 6) is 0.822. The summed E-state index contributed by atoms with van der Waals surface area (Å²) in [5.41, 5.74) is 3.71. The summed E-state index contributed by atoms with van der Waals surface area (Å²) >= 11 is 0. The number of aromatic nitrogens is 2.